The topological polar surface area (TPSA) is 73.5 Å². The third-order valence-electron chi connectivity index (χ3n) is 5.85. The Labute approximate surface area is 148 Å². The molecule has 2 fully saturated rings. The van der Waals surface area contributed by atoms with Gasteiger partial charge in [0.2, 0.25) is 5.91 Å². The summed E-state index contributed by atoms with van der Waals surface area (Å²) in [6.45, 7) is 5.44. The van der Waals surface area contributed by atoms with Crippen LogP contribution in [-0.4, -0.2) is 38.1 Å². The van der Waals surface area contributed by atoms with Gasteiger partial charge in [-0.1, -0.05) is 6.07 Å². The van der Waals surface area contributed by atoms with Gasteiger partial charge in [0.05, 0.1) is 5.69 Å². The molecule has 1 aromatic carbocycles. The number of carbonyl (C=O) groups excluding carboxylic acids is 2. The van der Waals surface area contributed by atoms with E-state index in [-0.39, 0.29) is 17.9 Å². The molecule has 3 N–H and O–H groups in total. The van der Waals surface area contributed by atoms with Crippen LogP contribution in [-0.2, 0) is 11.2 Å². The standard InChI is InChI=1S/C19H26N4O2/c1-2-21-19(25)23-6-5-12-3-4-16(9-17(12)23)22-18(24)14-7-13(8-14)15-10-20-11-15/h3-4,9,13-15,20H,2,5-8,10-11H2,1H3,(H,21,25)(H,22,24). The monoisotopic (exact) mass is 342 g/mol. The maximum absolute atomic E-state index is 12.5. The minimum absolute atomic E-state index is 0.0688. The van der Waals surface area contributed by atoms with Crippen LogP contribution in [0.15, 0.2) is 18.2 Å². The lowest BCUT2D eigenvalue weighted by Gasteiger charge is -2.43. The lowest BCUT2D eigenvalue weighted by Crippen LogP contribution is -2.51. The summed E-state index contributed by atoms with van der Waals surface area (Å²) in [7, 11) is 0. The first kappa shape index (κ1) is 16.4. The zero-order chi connectivity index (χ0) is 17.4. The Morgan fingerprint density at radius 2 is 2.04 bits per heavy atom. The summed E-state index contributed by atoms with van der Waals surface area (Å²) < 4.78 is 0. The van der Waals surface area contributed by atoms with Gasteiger partial charge in [-0.3, -0.25) is 9.69 Å². The molecule has 0 spiro atoms. The van der Waals surface area contributed by atoms with Crippen LogP contribution in [0.5, 0.6) is 0 Å². The van der Waals surface area contributed by atoms with Crippen LogP contribution in [0.2, 0.25) is 0 Å². The Hall–Kier alpha value is -2.08. The van der Waals surface area contributed by atoms with E-state index < -0.39 is 0 Å². The molecule has 1 saturated carbocycles. The molecule has 3 aliphatic rings. The van der Waals surface area contributed by atoms with Gasteiger partial charge in [-0.05, 0) is 68.8 Å². The first-order valence-electron chi connectivity index (χ1n) is 9.35. The van der Waals surface area contributed by atoms with E-state index in [0.717, 1.165) is 55.2 Å². The minimum Gasteiger partial charge on any atom is -0.338 e. The molecule has 1 aromatic rings. The van der Waals surface area contributed by atoms with E-state index >= 15 is 0 Å². The number of hydrogen-bond acceptors (Lipinski definition) is 3. The largest absolute Gasteiger partial charge is 0.338 e. The Bertz CT molecular complexity index is 680. The molecule has 134 valence electrons. The van der Waals surface area contributed by atoms with Crippen molar-refractivity contribution in [1.82, 2.24) is 10.6 Å². The fourth-order valence-electron chi connectivity index (χ4n) is 4.06. The zero-order valence-corrected chi connectivity index (χ0v) is 14.7. The van der Waals surface area contributed by atoms with Gasteiger partial charge in [0, 0.05) is 24.7 Å². The number of nitrogens with zero attached hydrogens (tertiary/aromatic N) is 1. The molecule has 0 unspecified atom stereocenters. The van der Waals surface area contributed by atoms with Crippen molar-refractivity contribution in [2.45, 2.75) is 26.2 Å². The lowest BCUT2D eigenvalue weighted by atomic mass is 9.66. The van der Waals surface area contributed by atoms with E-state index in [1.165, 1.54) is 0 Å². The minimum atomic E-state index is -0.0688. The summed E-state index contributed by atoms with van der Waals surface area (Å²) >= 11 is 0. The highest BCUT2D eigenvalue weighted by molar-refractivity contribution is 5.97. The number of fused-ring (bicyclic) bond motifs is 1. The molecule has 2 aliphatic heterocycles. The van der Waals surface area contributed by atoms with Gasteiger partial charge in [0.25, 0.3) is 0 Å². The van der Waals surface area contributed by atoms with Crippen molar-refractivity contribution in [3.05, 3.63) is 23.8 Å². The Kier molecular flexibility index (Phi) is 4.37. The number of amides is 3. The first-order chi connectivity index (χ1) is 12.2. The number of nitrogens with one attached hydrogen (secondary N) is 3. The molecule has 4 rings (SSSR count). The predicted octanol–water partition coefficient (Wildman–Crippen LogP) is 1.96. The number of anilines is 2. The number of rotatable bonds is 4. The van der Waals surface area contributed by atoms with Crippen molar-refractivity contribution in [3.63, 3.8) is 0 Å². The average Bonchev–Trinajstić information content (AvgIpc) is 2.91. The highest BCUT2D eigenvalue weighted by atomic mass is 16.2. The van der Waals surface area contributed by atoms with E-state index in [9.17, 15) is 9.59 Å². The molecule has 0 atom stereocenters. The zero-order valence-electron chi connectivity index (χ0n) is 14.7. The molecular formula is C19H26N4O2. The van der Waals surface area contributed by atoms with E-state index in [0.29, 0.717) is 19.0 Å². The highest BCUT2D eigenvalue weighted by Crippen LogP contribution is 2.41. The molecular weight excluding hydrogens is 316 g/mol. The van der Waals surface area contributed by atoms with Crippen LogP contribution < -0.4 is 20.9 Å². The molecule has 0 radical (unpaired) electrons. The van der Waals surface area contributed by atoms with Crippen LogP contribution in [0.25, 0.3) is 0 Å². The van der Waals surface area contributed by atoms with Gasteiger partial charge in [-0.15, -0.1) is 0 Å². The summed E-state index contributed by atoms with van der Waals surface area (Å²) in [5.74, 6) is 1.74. The summed E-state index contributed by atoms with van der Waals surface area (Å²) in [4.78, 5) is 26.4. The second kappa shape index (κ2) is 6.67. The van der Waals surface area contributed by atoms with E-state index in [2.05, 4.69) is 16.0 Å². The van der Waals surface area contributed by atoms with Crippen molar-refractivity contribution in [3.8, 4) is 0 Å². The van der Waals surface area contributed by atoms with Crippen LogP contribution in [0.3, 0.4) is 0 Å². The van der Waals surface area contributed by atoms with E-state index in [1.54, 1.807) is 4.90 Å². The maximum Gasteiger partial charge on any atom is 0.321 e. The van der Waals surface area contributed by atoms with Gasteiger partial charge < -0.3 is 16.0 Å². The van der Waals surface area contributed by atoms with Crippen molar-refractivity contribution in [2.75, 3.05) is 36.4 Å². The predicted molar refractivity (Wildman–Crippen MR) is 97.8 cm³/mol. The second-order valence-electron chi connectivity index (χ2n) is 7.42. The Morgan fingerprint density at radius 1 is 1.24 bits per heavy atom. The molecule has 0 bridgehead atoms. The van der Waals surface area contributed by atoms with E-state index in [4.69, 9.17) is 0 Å². The van der Waals surface area contributed by atoms with Gasteiger partial charge >= 0.3 is 6.03 Å². The lowest BCUT2D eigenvalue weighted by molar-refractivity contribution is -0.124. The summed E-state index contributed by atoms with van der Waals surface area (Å²) in [6, 6.07) is 5.83. The summed E-state index contributed by atoms with van der Waals surface area (Å²) in [5.41, 5.74) is 2.86. The Morgan fingerprint density at radius 3 is 2.72 bits per heavy atom. The third-order valence-corrected chi connectivity index (χ3v) is 5.85. The molecule has 6 nitrogen and oxygen atoms in total. The van der Waals surface area contributed by atoms with Crippen LogP contribution >= 0.6 is 0 Å². The smallest absolute Gasteiger partial charge is 0.321 e. The number of benzene rings is 1. The molecule has 25 heavy (non-hydrogen) atoms. The number of hydrogen-bond donors (Lipinski definition) is 3. The Balaban J connectivity index is 1.38. The van der Waals surface area contributed by atoms with Gasteiger partial charge in [0.1, 0.15) is 0 Å². The third kappa shape index (κ3) is 3.11. The van der Waals surface area contributed by atoms with Gasteiger partial charge in [0.15, 0.2) is 0 Å². The molecule has 0 aromatic heterocycles. The fourth-order valence-corrected chi connectivity index (χ4v) is 4.06. The molecule has 6 heteroatoms. The van der Waals surface area contributed by atoms with Gasteiger partial charge in [-0.2, -0.15) is 0 Å². The van der Waals surface area contributed by atoms with Crippen LogP contribution in [0.4, 0.5) is 16.2 Å². The number of urea groups is 1. The normalized spacial score (nSPS) is 24.9. The summed E-state index contributed by atoms with van der Waals surface area (Å²) in [6.07, 6.45) is 2.88. The van der Waals surface area contributed by atoms with Gasteiger partial charge in [-0.25, -0.2) is 4.79 Å². The first-order valence-corrected chi connectivity index (χ1v) is 9.35. The van der Waals surface area contributed by atoms with Crippen molar-refractivity contribution in [1.29, 1.82) is 0 Å². The van der Waals surface area contributed by atoms with Crippen LogP contribution in [0.1, 0.15) is 25.3 Å². The van der Waals surface area contributed by atoms with E-state index in [1.807, 2.05) is 25.1 Å². The SMILES string of the molecule is CCNC(=O)N1CCc2ccc(NC(=O)C3CC(C4CNC4)C3)cc21. The second-order valence-corrected chi connectivity index (χ2v) is 7.42. The van der Waals surface area contributed by atoms with Crippen molar-refractivity contribution >= 4 is 23.3 Å². The molecule has 1 saturated heterocycles. The molecule has 3 amide bonds. The molecule has 2 heterocycles. The fraction of sp³-hybridized carbons (Fsp3) is 0.579. The highest BCUT2D eigenvalue weighted by Gasteiger charge is 2.40. The van der Waals surface area contributed by atoms with Crippen molar-refractivity contribution in [2.24, 2.45) is 17.8 Å². The van der Waals surface area contributed by atoms with Crippen molar-refractivity contribution < 1.29 is 9.59 Å². The number of carbonyl (C=O) groups is 2. The maximum atomic E-state index is 12.5. The average molecular weight is 342 g/mol. The molecule has 1 aliphatic carbocycles. The summed E-state index contributed by atoms with van der Waals surface area (Å²) in [5, 5.41) is 9.20. The van der Waals surface area contributed by atoms with Crippen LogP contribution in [0, 0.1) is 17.8 Å². The quantitative estimate of drug-likeness (QED) is 0.783.